The van der Waals surface area contributed by atoms with Gasteiger partial charge >= 0.3 is 0 Å². The van der Waals surface area contributed by atoms with Gasteiger partial charge in [-0.05, 0) is 37.8 Å². The molecule has 1 saturated carbocycles. The number of pyridine rings is 1. The van der Waals surface area contributed by atoms with Crippen LogP contribution in [0.2, 0.25) is 0 Å². The second kappa shape index (κ2) is 8.47. The van der Waals surface area contributed by atoms with Gasteiger partial charge in [-0.15, -0.1) is 35.0 Å². The number of nitrogens with zero attached hydrogens (tertiary/aromatic N) is 3. The summed E-state index contributed by atoms with van der Waals surface area (Å²) in [6.07, 6.45) is 5.62. The second-order valence-corrected chi connectivity index (χ2v) is 5.84. The molecule has 0 aliphatic heterocycles. The molecule has 1 amide bonds. The van der Waals surface area contributed by atoms with Gasteiger partial charge in [0, 0.05) is 18.7 Å². The summed E-state index contributed by atoms with van der Waals surface area (Å²) in [5.41, 5.74) is 6.80. The fraction of sp³-hybridized carbons (Fsp3) is 0.533. The van der Waals surface area contributed by atoms with Crippen LogP contribution < -0.4 is 11.1 Å². The van der Waals surface area contributed by atoms with Crippen LogP contribution in [-0.2, 0) is 4.79 Å². The topological polar surface area (TPSA) is 85.3 Å². The number of nitrogens with one attached hydrogen (secondary N) is 1. The van der Waals surface area contributed by atoms with Crippen molar-refractivity contribution >= 4 is 36.4 Å². The Balaban J connectivity index is 0.00000132. The van der Waals surface area contributed by atoms with E-state index in [1.807, 2.05) is 35.7 Å². The zero-order chi connectivity index (χ0) is 14.8. The molecule has 2 heterocycles. The van der Waals surface area contributed by atoms with Crippen molar-refractivity contribution in [1.82, 2.24) is 19.9 Å². The molecule has 0 spiro atoms. The van der Waals surface area contributed by atoms with E-state index in [0.717, 1.165) is 30.7 Å². The lowest BCUT2D eigenvalue weighted by Crippen LogP contribution is -2.33. The third-order valence-electron chi connectivity index (χ3n) is 4.27. The van der Waals surface area contributed by atoms with Crippen molar-refractivity contribution in [2.45, 2.75) is 44.7 Å². The molecular formula is C15H23Cl2N5O. The van der Waals surface area contributed by atoms with Crippen molar-refractivity contribution in [2.75, 3.05) is 0 Å². The smallest absolute Gasteiger partial charge is 0.220 e. The van der Waals surface area contributed by atoms with Crippen LogP contribution in [0, 0.1) is 5.92 Å². The summed E-state index contributed by atoms with van der Waals surface area (Å²) in [5, 5.41) is 11.3. The first kappa shape index (κ1) is 19.7. The number of hydrogen-bond acceptors (Lipinski definition) is 4. The summed E-state index contributed by atoms with van der Waals surface area (Å²) in [5.74, 6) is 1.10. The molecule has 0 radical (unpaired) electrons. The largest absolute Gasteiger partial charge is 0.346 e. The van der Waals surface area contributed by atoms with Crippen LogP contribution in [0.4, 0.5) is 0 Å². The van der Waals surface area contributed by atoms with Crippen LogP contribution in [0.25, 0.3) is 5.65 Å². The predicted molar refractivity (Wildman–Crippen MR) is 94.0 cm³/mol. The molecule has 0 aromatic carbocycles. The van der Waals surface area contributed by atoms with Gasteiger partial charge in [0.2, 0.25) is 5.91 Å². The van der Waals surface area contributed by atoms with Gasteiger partial charge in [0.1, 0.15) is 0 Å². The molecule has 128 valence electrons. The average Bonchev–Trinajstić information content (AvgIpc) is 3.05. The van der Waals surface area contributed by atoms with Crippen molar-refractivity contribution in [2.24, 2.45) is 11.7 Å². The summed E-state index contributed by atoms with van der Waals surface area (Å²) >= 11 is 0. The molecule has 0 bridgehead atoms. The van der Waals surface area contributed by atoms with E-state index in [4.69, 9.17) is 5.73 Å². The Morgan fingerprint density at radius 2 is 2.17 bits per heavy atom. The molecule has 3 rings (SSSR count). The van der Waals surface area contributed by atoms with E-state index >= 15 is 0 Å². The third kappa shape index (κ3) is 4.34. The molecule has 2 aromatic rings. The van der Waals surface area contributed by atoms with Gasteiger partial charge in [-0.25, -0.2) is 0 Å². The minimum Gasteiger partial charge on any atom is -0.346 e. The highest BCUT2D eigenvalue weighted by molar-refractivity contribution is 5.85. The first-order chi connectivity index (χ1) is 10.1. The van der Waals surface area contributed by atoms with E-state index in [-0.39, 0.29) is 42.8 Å². The third-order valence-corrected chi connectivity index (χ3v) is 4.27. The zero-order valence-electron chi connectivity index (χ0n) is 13.0. The highest BCUT2D eigenvalue weighted by Gasteiger charge is 2.27. The van der Waals surface area contributed by atoms with Crippen molar-refractivity contribution in [3.05, 3.63) is 30.2 Å². The number of amides is 1. The normalized spacial score (nSPS) is 21.3. The molecule has 23 heavy (non-hydrogen) atoms. The summed E-state index contributed by atoms with van der Waals surface area (Å²) in [6, 6.07) is 5.72. The number of aromatic nitrogens is 3. The summed E-state index contributed by atoms with van der Waals surface area (Å²) < 4.78 is 1.90. The Morgan fingerprint density at radius 3 is 2.87 bits per heavy atom. The van der Waals surface area contributed by atoms with Gasteiger partial charge in [-0.1, -0.05) is 12.5 Å². The monoisotopic (exact) mass is 359 g/mol. The maximum absolute atomic E-state index is 12.2. The number of carbonyl (C=O) groups is 1. The fourth-order valence-electron chi connectivity index (χ4n) is 3.08. The Bertz CT molecular complexity index is 648. The second-order valence-electron chi connectivity index (χ2n) is 5.84. The van der Waals surface area contributed by atoms with Crippen LogP contribution in [0.15, 0.2) is 24.4 Å². The maximum atomic E-state index is 12.2. The van der Waals surface area contributed by atoms with Crippen LogP contribution in [0.3, 0.4) is 0 Å². The number of halogens is 2. The molecular weight excluding hydrogens is 337 g/mol. The van der Waals surface area contributed by atoms with E-state index < -0.39 is 0 Å². The Labute approximate surface area is 148 Å². The Kier molecular flexibility index (Phi) is 7.25. The number of carbonyl (C=O) groups excluding carboxylic acids is 1. The van der Waals surface area contributed by atoms with Crippen LogP contribution >= 0.6 is 24.8 Å². The van der Waals surface area contributed by atoms with Crippen molar-refractivity contribution in [3.8, 4) is 0 Å². The molecule has 1 unspecified atom stereocenters. The number of nitrogens with two attached hydrogens (primary N) is 1. The predicted octanol–water partition coefficient (Wildman–Crippen LogP) is 2.27. The SMILES string of the molecule is CC(NC(=O)C[C@@H]1CCC[C@H]1N)c1nnc2ccccn12.Cl.Cl. The summed E-state index contributed by atoms with van der Waals surface area (Å²) in [4.78, 5) is 12.2. The zero-order valence-corrected chi connectivity index (χ0v) is 14.6. The highest BCUT2D eigenvalue weighted by atomic mass is 35.5. The van der Waals surface area contributed by atoms with E-state index in [1.54, 1.807) is 0 Å². The highest BCUT2D eigenvalue weighted by Crippen LogP contribution is 2.27. The van der Waals surface area contributed by atoms with Crippen molar-refractivity contribution in [3.63, 3.8) is 0 Å². The minimum absolute atomic E-state index is 0. The lowest BCUT2D eigenvalue weighted by atomic mass is 10.00. The maximum Gasteiger partial charge on any atom is 0.220 e. The average molecular weight is 360 g/mol. The first-order valence-corrected chi connectivity index (χ1v) is 7.50. The van der Waals surface area contributed by atoms with Gasteiger partial charge in [-0.2, -0.15) is 0 Å². The Hall–Kier alpha value is -1.37. The van der Waals surface area contributed by atoms with E-state index in [0.29, 0.717) is 12.3 Å². The Morgan fingerprint density at radius 1 is 1.39 bits per heavy atom. The van der Waals surface area contributed by atoms with Gasteiger partial charge in [0.15, 0.2) is 11.5 Å². The standard InChI is InChI=1S/C15H21N5O.2ClH/c1-10(15-19-18-13-7-2-3-8-20(13)15)17-14(21)9-11-5-4-6-12(11)16;;/h2-3,7-8,10-12H,4-6,9,16H2,1H3,(H,17,21);2*1H/t10?,11-,12+;;/m0../s1. The molecule has 1 aliphatic carbocycles. The van der Waals surface area contributed by atoms with Gasteiger partial charge in [0.05, 0.1) is 6.04 Å². The quantitative estimate of drug-likeness (QED) is 0.876. The summed E-state index contributed by atoms with van der Waals surface area (Å²) in [7, 11) is 0. The number of fused-ring (bicyclic) bond motifs is 1. The molecule has 0 saturated heterocycles. The molecule has 6 nitrogen and oxygen atoms in total. The summed E-state index contributed by atoms with van der Waals surface area (Å²) in [6.45, 7) is 1.93. The first-order valence-electron chi connectivity index (χ1n) is 7.50. The molecule has 3 N–H and O–H groups in total. The van der Waals surface area contributed by atoms with Crippen molar-refractivity contribution < 1.29 is 4.79 Å². The lowest BCUT2D eigenvalue weighted by Gasteiger charge is -2.17. The number of rotatable bonds is 4. The van der Waals surface area contributed by atoms with E-state index in [2.05, 4.69) is 15.5 Å². The van der Waals surface area contributed by atoms with Gasteiger partial charge in [-0.3, -0.25) is 9.20 Å². The lowest BCUT2D eigenvalue weighted by molar-refractivity contribution is -0.122. The van der Waals surface area contributed by atoms with Crippen LogP contribution in [0.1, 0.15) is 44.5 Å². The minimum atomic E-state index is -0.174. The van der Waals surface area contributed by atoms with Gasteiger partial charge < -0.3 is 11.1 Å². The number of hydrogen-bond donors (Lipinski definition) is 2. The van der Waals surface area contributed by atoms with Crippen LogP contribution in [0.5, 0.6) is 0 Å². The van der Waals surface area contributed by atoms with E-state index in [1.165, 1.54) is 0 Å². The van der Waals surface area contributed by atoms with Crippen LogP contribution in [-0.4, -0.2) is 26.5 Å². The molecule has 3 atom stereocenters. The van der Waals surface area contributed by atoms with Gasteiger partial charge in [0.25, 0.3) is 0 Å². The van der Waals surface area contributed by atoms with Crippen molar-refractivity contribution in [1.29, 1.82) is 0 Å². The molecule has 1 fully saturated rings. The molecule has 2 aromatic heterocycles. The molecule has 8 heteroatoms. The molecule has 1 aliphatic rings. The fourth-order valence-corrected chi connectivity index (χ4v) is 3.08. The van der Waals surface area contributed by atoms with E-state index in [9.17, 15) is 4.79 Å².